The van der Waals surface area contributed by atoms with Gasteiger partial charge < -0.3 is 16.0 Å². The van der Waals surface area contributed by atoms with Crippen LogP contribution in [0.25, 0.3) is 0 Å². The maximum Gasteiger partial charge on any atom is 0.247 e. The van der Waals surface area contributed by atoms with Gasteiger partial charge in [0.15, 0.2) is 0 Å². The van der Waals surface area contributed by atoms with Crippen molar-refractivity contribution in [1.82, 2.24) is 10.2 Å². The summed E-state index contributed by atoms with van der Waals surface area (Å²) in [4.78, 5) is 28.3. The number of hydrogen-bond acceptors (Lipinski definition) is 3. The third-order valence-corrected chi connectivity index (χ3v) is 5.71. The molecule has 3 N–H and O–H groups in total. The number of benzene rings is 2. The Hall–Kier alpha value is -2.18. The van der Waals surface area contributed by atoms with Crippen molar-refractivity contribution < 1.29 is 9.59 Å². The van der Waals surface area contributed by atoms with Crippen molar-refractivity contribution in [1.29, 1.82) is 0 Å². The largest absolute Gasteiger partial charge is 0.354 e. The van der Waals surface area contributed by atoms with Crippen molar-refractivity contribution in [3.05, 3.63) is 70.2 Å². The fourth-order valence-electron chi connectivity index (χ4n) is 3.47. The van der Waals surface area contributed by atoms with E-state index in [-0.39, 0.29) is 11.8 Å². The van der Waals surface area contributed by atoms with Crippen LogP contribution in [0.15, 0.2) is 59.1 Å². The Balaban J connectivity index is 2.33. The molecule has 0 aliphatic rings. The summed E-state index contributed by atoms with van der Waals surface area (Å²) in [5.41, 5.74) is 7.38. The minimum absolute atomic E-state index is 0.00216. The zero-order valence-electron chi connectivity index (χ0n) is 18.4. The van der Waals surface area contributed by atoms with Gasteiger partial charge >= 0.3 is 0 Å². The fourth-order valence-corrected chi connectivity index (χ4v) is 3.73. The molecule has 0 aliphatic heterocycles. The molecule has 2 rings (SSSR count). The van der Waals surface area contributed by atoms with Gasteiger partial charge in [-0.1, -0.05) is 78.2 Å². The highest BCUT2D eigenvalue weighted by molar-refractivity contribution is 9.10. The highest BCUT2D eigenvalue weighted by Crippen LogP contribution is 2.26. The molecule has 2 aromatic rings. The summed E-state index contributed by atoms with van der Waals surface area (Å²) < 4.78 is 0.933. The fraction of sp³-hybridized carbons (Fsp3) is 0.440. The van der Waals surface area contributed by atoms with Gasteiger partial charge in [0.25, 0.3) is 0 Å². The van der Waals surface area contributed by atoms with E-state index in [0.717, 1.165) is 47.7 Å². The first-order chi connectivity index (χ1) is 15.1. The van der Waals surface area contributed by atoms with Crippen LogP contribution in [0.1, 0.15) is 62.6 Å². The number of carbonyl (C=O) groups is 2. The number of nitrogens with zero attached hydrogens (tertiary/aromatic N) is 1. The van der Waals surface area contributed by atoms with E-state index < -0.39 is 6.04 Å². The minimum Gasteiger partial charge on any atom is -0.354 e. The zero-order chi connectivity index (χ0) is 22.5. The molecule has 0 radical (unpaired) electrons. The molecule has 0 fully saturated rings. The van der Waals surface area contributed by atoms with E-state index in [1.165, 1.54) is 0 Å². The van der Waals surface area contributed by atoms with Crippen molar-refractivity contribution in [2.24, 2.45) is 5.73 Å². The molecule has 5 nitrogen and oxygen atoms in total. The molecule has 0 aromatic heterocycles. The molecule has 6 heteroatoms. The normalized spacial score (nSPS) is 11.7. The summed E-state index contributed by atoms with van der Waals surface area (Å²) in [5, 5.41) is 3.02. The Morgan fingerprint density at radius 1 is 1.00 bits per heavy atom. The molecule has 2 amide bonds. The Bertz CT molecular complexity index is 796. The molecule has 1 atom stereocenters. The standard InChI is InChI=1S/C25H34BrN3O2/c1-2-3-5-12-23(30)29(19-20-10-6-4-7-11-20)24(21-13-15-22(26)16-14-21)25(31)28-18-9-8-17-27/h4,6-7,10-11,13-16,24H,2-3,5,8-9,12,17-19,27H2,1H3,(H,28,31). The average molecular weight is 488 g/mol. The molecule has 0 saturated heterocycles. The van der Waals surface area contributed by atoms with Gasteiger partial charge in [-0.05, 0) is 49.1 Å². The van der Waals surface area contributed by atoms with Gasteiger partial charge in [-0.2, -0.15) is 0 Å². The van der Waals surface area contributed by atoms with Crippen molar-refractivity contribution in [2.75, 3.05) is 13.1 Å². The molecule has 0 aliphatic carbocycles. The molecule has 0 saturated carbocycles. The minimum atomic E-state index is -0.680. The molecule has 168 valence electrons. The van der Waals surface area contributed by atoms with Gasteiger partial charge in [0.05, 0.1) is 0 Å². The molecule has 2 aromatic carbocycles. The van der Waals surface area contributed by atoms with Crippen molar-refractivity contribution in [2.45, 2.75) is 58.0 Å². The number of halogens is 1. The van der Waals surface area contributed by atoms with Gasteiger partial charge in [0.2, 0.25) is 11.8 Å². The molecular weight excluding hydrogens is 454 g/mol. The predicted octanol–water partition coefficient (Wildman–Crippen LogP) is 4.95. The van der Waals surface area contributed by atoms with Crippen molar-refractivity contribution in [3.63, 3.8) is 0 Å². The lowest BCUT2D eigenvalue weighted by Crippen LogP contribution is -2.43. The van der Waals surface area contributed by atoms with E-state index in [1.54, 1.807) is 4.90 Å². The Kier molecular flexibility index (Phi) is 11.3. The summed E-state index contributed by atoms with van der Waals surface area (Å²) in [6.07, 6.45) is 4.98. The zero-order valence-corrected chi connectivity index (χ0v) is 19.9. The first-order valence-electron chi connectivity index (χ1n) is 11.1. The number of unbranched alkanes of at least 4 members (excludes halogenated alkanes) is 3. The first-order valence-corrected chi connectivity index (χ1v) is 11.9. The van der Waals surface area contributed by atoms with Crippen LogP contribution < -0.4 is 11.1 Å². The van der Waals surface area contributed by atoms with E-state index in [1.807, 2.05) is 54.6 Å². The van der Waals surface area contributed by atoms with Gasteiger partial charge in [-0.3, -0.25) is 9.59 Å². The van der Waals surface area contributed by atoms with E-state index in [2.05, 4.69) is 28.2 Å². The molecular formula is C25H34BrN3O2. The van der Waals surface area contributed by atoms with Gasteiger partial charge in [-0.25, -0.2) is 0 Å². The Morgan fingerprint density at radius 3 is 2.35 bits per heavy atom. The van der Waals surface area contributed by atoms with E-state index in [0.29, 0.717) is 26.1 Å². The summed E-state index contributed by atoms with van der Waals surface area (Å²) in [7, 11) is 0. The van der Waals surface area contributed by atoms with Crippen LogP contribution in [0, 0.1) is 0 Å². The summed E-state index contributed by atoms with van der Waals surface area (Å²) in [5.74, 6) is -0.151. The lowest BCUT2D eigenvalue weighted by Gasteiger charge is -2.32. The molecule has 0 heterocycles. The van der Waals surface area contributed by atoms with Crippen LogP contribution in [-0.2, 0) is 16.1 Å². The Morgan fingerprint density at radius 2 is 1.71 bits per heavy atom. The van der Waals surface area contributed by atoms with Crippen molar-refractivity contribution >= 4 is 27.7 Å². The summed E-state index contributed by atoms with van der Waals surface area (Å²) in [6, 6.07) is 16.8. The van der Waals surface area contributed by atoms with Crippen LogP contribution in [-0.4, -0.2) is 29.8 Å². The monoisotopic (exact) mass is 487 g/mol. The lowest BCUT2D eigenvalue weighted by atomic mass is 10.0. The topological polar surface area (TPSA) is 75.4 Å². The summed E-state index contributed by atoms with van der Waals surface area (Å²) >= 11 is 3.46. The Labute approximate surface area is 194 Å². The predicted molar refractivity (Wildman–Crippen MR) is 129 cm³/mol. The number of nitrogens with two attached hydrogens (primary N) is 1. The smallest absolute Gasteiger partial charge is 0.247 e. The molecule has 0 bridgehead atoms. The third-order valence-electron chi connectivity index (χ3n) is 5.19. The second kappa shape index (κ2) is 14.0. The molecule has 31 heavy (non-hydrogen) atoms. The number of hydrogen-bond donors (Lipinski definition) is 2. The van der Waals surface area contributed by atoms with E-state index in [4.69, 9.17) is 5.73 Å². The highest BCUT2D eigenvalue weighted by atomic mass is 79.9. The first kappa shape index (κ1) is 25.1. The van der Waals surface area contributed by atoms with Gasteiger partial charge in [0, 0.05) is 24.0 Å². The highest BCUT2D eigenvalue weighted by Gasteiger charge is 2.31. The van der Waals surface area contributed by atoms with Crippen LogP contribution in [0.4, 0.5) is 0 Å². The summed E-state index contributed by atoms with van der Waals surface area (Å²) in [6.45, 7) is 3.66. The SMILES string of the molecule is CCCCCC(=O)N(Cc1ccccc1)C(C(=O)NCCCCN)c1ccc(Br)cc1. The van der Waals surface area contributed by atoms with Crippen LogP contribution >= 0.6 is 15.9 Å². The second-order valence-corrected chi connectivity index (χ2v) is 8.62. The second-order valence-electron chi connectivity index (χ2n) is 7.71. The maximum absolute atomic E-state index is 13.3. The molecule has 0 spiro atoms. The average Bonchev–Trinajstić information content (AvgIpc) is 2.78. The van der Waals surface area contributed by atoms with E-state index >= 15 is 0 Å². The number of carbonyl (C=O) groups excluding carboxylic acids is 2. The number of rotatable bonds is 13. The van der Waals surface area contributed by atoms with Gasteiger partial charge in [0.1, 0.15) is 6.04 Å². The van der Waals surface area contributed by atoms with E-state index in [9.17, 15) is 9.59 Å². The van der Waals surface area contributed by atoms with Crippen LogP contribution in [0.2, 0.25) is 0 Å². The number of amides is 2. The molecule has 1 unspecified atom stereocenters. The quantitative estimate of drug-likeness (QED) is 0.392. The van der Waals surface area contributed by atoms with Crippen LogP contribution in [0.5, 0.6) is 0 Å². The number of nitrogens with one attached hydrogen (secondary N) is 1. The third kappa shape index (κ3) is 8.46. The van der Waals surface area contributed by atoms with Crippen molar-refractivity contribution in [3.8, 4) is 0 Å². The maximum atomic E-state index is 13.3. The lowest BCUT2D eigenvalue weighted by molar-refractivity contribution is -0.141. The van der Waals surface area contributed by atoms with Crippen LogP contribution in [0.3, 0.4) is 0 Å². The van der Waals surface area contributed by atoms with Gasteiger partial charge in [-0.15, -0.1) is 0 Å².